The summed E-state index contributed by atoms with van der Waals surface area (Å²) in [5, 5.41) is 25.2. The van der Waals surface area contributed by atoms with Crippen LogP contribution in [-0.4, -0.2) is 135 Å². The number of nitrogen functional groups attached to an aromatic ring is 2. The topological polar surface area (TPSA) is 320 Å². The molecule has 8 N–H and O–H groups in total. The first-order valence-corrected chi connectivity index (χ1v) is 26.9. The van der Waals surface area contributed by atoms with Gasteiger partial charge < -0.3 is 46.9 Å². The number of Topliss-reactive ketones (excluding diaryl/α,β-unsaturated/α-hetero) is 2. The summed E-state index contributed by atoms with van der Waals surface area (Å²) in [6, 6.07) is 13.7. The van der Waals surface area contributed by atoms with E-state index in [0.717, 1.165) is 52.4 Å². The highest BCUT2D eigenvalue weighted by atomic mass is 35.5. The maximum Gasteiger partial charge on any atom is 0.573 e. The first-order chi connectivity index (χ1) is 42.0. The molecule has 492 valence electrons. The third-order valence-electron chi connectivity index (χ3n) is 12.9. The molecular weight excluding hydrogens is 1320 g/mol. The van der Waals surface area contributed by atoms with E-state index in [4.69, 9.17) is 16.6 Å². The number of nitrogens with zero attached hydrogens (tertiary/aromatic N) is 9. The SMILES string of the molecule is C.CC(=O)c1nn(CC(=O)N2C[C@H](F)C[C@H]2C(=O)Nc2cccc(OC(F)(F)F)c2F)c2ccc(-c3cnc(N)nc3)cc12.CC(=O)c1nn(CC(=O)O)c2ccc(-c3cnc(N)nc3)cc12.Cl.O=C(Nc1cccc(OC(F)(F)F)c1F)[C@@H]1C[C@@H](F)CN1.S.S=S. The number of aliphatic carboxylic acids is 1. The number of carboxylic acid groups (broad SMARTS) is 1. The molecule has 0 spiro atoms. The number of nitrogens with one attached hydrogen (secondary N) is 3. The molecule has 0 bridgehead atoms. The number of ketones is 2. The highest BCUT2D eigenvalue weighted by Crippen LogP contribution is 2.34. The van der Waals surface area contributed by atoms with Crippen LogP contribution in [0, 0.1) is 11.6 Å². The molecule has 2 fully saturated rings. The Hall–Kier alpha value is -9.26. The standard InChI is InChI=1S/C27H22F5N7O4.C15H13N5O3.C12H11F5N2O2.CH4.ClH.S2.H2S/c1-13(40)24-17-7-14(15-9-34-26(33)35-10-15)5-6-19(17)39(37-24)12-22(41)38-11-16(28)8-20(38)25(42)36-18-3-2-4-21(23(18)29)43-27(30,31)32;1-8(21)14-11-4-9(10-5-17-15(16)18-6-10)2-3-12(11)20(19-14)7-13(22)23;13-6-4-8(18-5-6)11(20)19-7-2-1-3-9(10(7)14)21-12(15,16)17;;;1-2;/h2-7,9-10,16,20H,8,11-12H2,1H3,(H,36,42)(H2,33,34,35);2-6H,7H2,1H3,(H,22,23)(H2,16,17,18);1-3,6,8,18H,4-5H2,(H,19,20);1H4;1H;;1H2/t16-,20+;;6-,8+;;;;/m1.1..../s1. The van der Waals surface area contributed by atoms with Gasteiger partial charge in [0.1, 0.15) is 42.9 Å². The molecule has 37 heteroatoms. The Bertz CT molecular complexity index is 3970. The van der Waals surface area contributed by atoms with Crippen LogP contribution in [0.15, 0.2) is 97.6 Å². The lowest BCUT2D eigenvalue weighted by Crippen LogP contribution is -2.44. The number of hydrogen-bond donors (Lipinski definition) is 6. The van der Waals surface area contributed by atoms with Crippen molar-refractivity contribution in [2.24, 2.45) is 0 Å². The number of rotatable bonds is 14. The summed E-state index contributed by atoms with van der Waals surface area (Å²) in [6.07, 6.45) is -7.35. The van der Waals surface area contributed by atoms with Crippen molar-refractivity contribution in [1.82, 2.24) is 49.7 Å². The van der Waals surface area contributed by atoms with Crippen molar-refractivity contribution in [2.75, 3.05) is 35.2 Å². The van der Waals surface area contributed by atoms with Gasteiger partial charge in [0.2, 0.25) is 29.6 Å². The number of amides is 3. The number of carbonyl (C=O) groups is 6. The first-order valence-electron chi connectivity index (χ1n) is 25.6. The maximum absolute atomic E-state index is 14.6. The Morgan fingerprint density at radius 1 is 0.652 bits per heavy atom. The summed E-state index contributed by atoms with van der Waals surface area (Å²) >= 11 is 7.33. The van der Waals surface area contributed by atoms with Crippen LogP contribution in [0.3, 0.4) is 0 Å². The van der Waals surface area contributed by atoms with E-state index in [9.17, 15) is 72.7 Å². The molecule has 6 heterocycles. The van der Waals surface area contributed by atoms with Gasteiger partial charge in [-0.05, 0) is 59.7 Å². The number of nitrogens with two attached hydrogens (primary N) is 2. The molecule has 4 aromatic carbocycles. The number of likely N-dealkylation sites (tertiary alicyclic amines) is 1. The van der Waals surface area contributed by atoms with Crippen molar-refractivity contribution in [3.63, 3.8) is 0 Å². The number of carboxylic acids is 1. The van der Waals surface area contributed by atoms with Gasteiger partial charge >= 0.3 is 18.7 Å². The zero-order valence-corrected chi connectivity index (χ0v) is 50.1. The minimum Gasteiger partial charge on any atom is -0.480 e. The monoisotopic (exact) mass is 1370 g/mol. The van der Waals surface area contributed by atoms with Crippen molar-refractivity contribution in [3.05, 3.63) is 121 Å². The molecule has 0 aliphatic carbocycles. The van der Waals surface area contributed by atoms with Crippen LogP contribution in [-0.2, 0) is 54.6 Å². The van der Waals surface area contributed by atoms with Crippen LogP contribution in [0.2, 0.25) is 0 Å². The van der Waals surface area contributed by atoms with E-state index >= 15 is 0 Å². The number of benzene rings is 4. The lowest BCUT2D eigenvalue weighted by molar-refractivity contribution is -0.276. The average molecular weight is 1380 g/mol. The van der Waals surface area contributed by atoms with Crippen LogP contribution >= 0.6 is 25.9 Å². The van der Waals surface area contributed by atoms with Crippen LogP contribution < -0.4 is 36.9 Å². The second kappa shape index (κ2) is 32.2. The molecule has 8 aromatic rings. The van der Waals surface area contributed by atoms with E-state index < -0.39 is 115 Å². The van der Waals surface area contributed by atoms with Gasteiger partial charge in [0.25, 0.3) is 0 Å². The molecule has 10 rings (SSSR count). The van der Waals surface area contributed by atoms with Gasteiger partial charge in [0.15, 0.2) is 34.7 Å². The molecule has 2 aliphatic rings. The van der Waals surface area contributed by atoms with E-state index in [0.29, 0.717) is 32.9 Å². The number of ether oxygens (including phenoxy) is 2. The van der Waals surface area contributed by atoms with E-state index in [1.165, 1.54) is 35.6 Å². The Morgan fingerprint density at radius 3 is 1.47 bits per heavy atom. The van der Waals surface area contributed by atoms with Gasteiger partial charge in [-0.15, -0.1) is 38.7 Å². The molecule has 0 unspecified atom stereocenters. The quantitative estimate of drug-likeness (QED) is 0.0437. The molecule has 2 aliphatic heterocycles. The third kappa shape index (κ3) is 19.1. The lowest BCUT2D eigenvalue weighted by atomic mass is 10.0. The number of fused-ring (bicyclic) bond motifs is 2. The van der Waals surface area contributed by atoms with Crippen LogP contribution in [0.4, 0.5) is 67.2 Å². The number of carbonyl (C=O) groups excluding carboxylic acids is 5. The van der Waals surface area contributed by atoms with Crippen molar-refractivity contribution >= 4 is 129 Å². The van der Waals surface area contributed by atoms with E-state index in [1.807, 2.05) is 0 Å². The molecule has 3 amide bonds. The largest absolute Gasteiger partial charge is 0.573 e. The lowest BCUT2D eigenvalue weighted by Gasteiger charge is -2.24. The molecule has 4 atom stereocenters. The predicted octanol–water partition coefficient (Wildman–Crippen LogP) is 8.78. The summed E-state index contributed by atoms with van der Waals surface area (Å²) in [6.45, 7) is 1.44. The third-order valence-corrected chi connectivity index (χ3v) is 12.9. The highest BCUT2D eigenvalue weighted by molar-refractivity contribution is 8.07. The Morgan fingerprint density at radius 2 is 1.08 bits per heavy atom. The summed E-state index contributed by atoms with van der Waals surface area (Å²) in [7, 11) is 0. The fraction of sp³-hybridized carbons (Fsp3) is 0.273. The zero-order chi connectivity index (χ0) is 65.2. The van der Waals surface area contributed by atoms with Crippen molar-refractivity contribution in [2.45, 2.75) is 84.4 Å². The van der Waals surface area contributed by atoms with Crippen molar-refractivity contribution in [1.29, 1.82) is 0 Å². The Balaban J connectivity index is 0.000000312. The van der Waals surface area contributed by atoms with Crippen LogP contribution in [0.25, 0.3) is 44.1 Å². The molecule has 2 saturated heterocycles. The minimum atomic E-state index is -5.18. The molecule has 23 nitrogen and oxygen atoms in total. The Labute approximate surface area is 537 Å². The second-order valence-electron chi connectivity index (χ2n) is 19.1. The Kier molecular flexibility index (Phi) is 26.3. The number of hydrogen-bond acceptors (Lipinski definition) is 19. The molecule has 0 saturated carbocycles. The van der Waals surface area contributed by atoms with Gasteiger partial charge in [0, 0.05) is 102 Å². The average Bonchev–Trinajstić information content (AvgIpc) is 1.70. The van der Waals surface area contributed by atoms with E-state index in [2.05, 4.69) is 77.9 Å². The summed E-state index contributed by atoms with van der Waals surface area (Å²) < 4.78 is 139. The van der Waals surface area contributed by atoms with Gasteiger partial charge in [-0.2, -0.15) is 23.7 Å². The first kappa shape index (κ1) is 75.2. The second-order valence-corrected chi connectivity index (χ2v) is 19.1. The molecule has 92 heavy (non-hydrogen) atoms. The fourth-order valence-corrected chi connectivity index (χ4v) is 9.06. The van der Waals surface area contributed by atoms with Crippen LogP contribution in [0.1, 0.15) is 55.1 Å². The highest BCUT2D eigenvalue weighted by Gasteiger charge is 2.41. The van der Waals surface area contributed by atoms with Crippen molar-refractivity contribution < 1.29 is 87.3 Å². The van der Waals surface area contributed by atoms with Gasteiger partial charge in [0.05, 0.1) is 35.0 Å². The number of halogens is 11. The summed E-state index contributed by atoms with van der Waals surface area (Å²) in [4.78, 5) is 89.9. The fourth-order valence-electron chi connectivity index (χ4n) is 9.06. The zero-order valence-electron chi connectivity index (χ0n) is 46.7. The molecule has 0 radical (unpaired) electrons. The summed E-state index contributed by atoms with van der Waals surface area (Å²) in [5.74, 6) is -8.93. The van der Waals surface area contributed by atoms with E-state index in [1.54, 1.807) is 48.8 Å². The maximum atomic E-state index is 14.6. The predicted molar refractivity (Wildman–Crippen MR) is 327 cm³/mol. The normalized spacial score (nSPS) is 15.7. The van der Waals surface area contributed by atoms with Crippen LogP contribution in [0.5, 0.6) is 11.5 Å². The van der Waals surface area contributed by atoms with Gasteiger partial charge in [-0.3, -0.25) is 38.1 Å². The molecular formula is C55H53ClF10N14O9S3. The summed E-state index contributed by atoms with van der Waals surface area (Å²) in [5.41, 5.74) is 14.0. The van der Waals surface area contributed by atoms with Gasteiger partial charge in [-0.25, -0.2) is 37.5 Å². The number of aromatic nitrogens is 8. The molecule has 4 aromatic heterocycles. The smallest absolute Gasteiger partial charge is 0.480 e. The number of anilines is 4. The number of alkyl halides is 8. The van der Waals surface area contributed by atoms with Crippen molar-refractivity contribution in [3.8, 4) is 33.8 Å². The minimum absolute atomic E-state index is 0. The van der Waals surface area contributed by atoms with Gasteiger partial charge in [-0.1, -0.05) is 31.7 Å². The van der Waals surface area contributed by atoms with E-state index in [-0.39, 0.29) is 87.7 Å².